The van der Waals surface area contributed by atoms with Crippen LogP contribution in [0.4, 0.5) is 0 Å². The molecule has 1 aromatic heterocycles. The quantitative estimate of drug-likeness (QED) is 0.703. The number of rotatable bonds is 5. The van der Waals surface area contributed by atoms with Crippen LogP contribution in [0.3, 0.4) is 0 Å². The summed E-state index contributed by atoms with van der Waals surface area (Å²) in [5, 5.41) is 10.1. The van der Waals surface area contributed by atoms with E-state index in [0.717, 1.165) is 49.0 Å². The molecule has 2 aromatic rings. The summed E-state index contributed by atoms with van der Waals surface area (Å²) in [6.07, 6.45) is 5.98. The van der Waals surface area contributed by atoms with Gasteiger partial charge in [-0.1, -0.05) is 42.6 Å². The lowest BCUT2D eigenvalue weighted by Gasteiger charge is -2.24. The van der Waals surface area contributed by atoms with Gasteiger partial charge in [0.2, 0.25) is 5.91 Å². The summed E-state index contributed by atoms with van der Waals surface area (Å²) >= 11 is 7.45. The van der Waals surface area contributed by atoms with Crippen molar-refractivity contribution in [2.24, 2.45) is 0 Å². The van der Waals surface area contributed by atoms with Crippen molar-refractivity contribution >= 4 is 29.3 Å². The molecule has 2 heterocycles. The van der Waals surface area contributed by atoms with E-state index in [2.05, 4.69) is 21.7 Å². The first-order valence-electron chi connectivity index (χ1n) is 9.28. The number of aromatic nitrogens is 3. The van der Waals surface area contributed by atoms with Crippen LogP contribution in [0.25, 0.3) is 11.4 Å². The fourth-order valence-corrected chi connectivity index (χ4v) is 4.24. The standard InChI is InChI=1S/C19H25ClN4OS/c1-2-24-18(15-8-10-16(20)11-9-15)21-22-19(24)26-14-17(25)23-12-6-4-3-5-7-13-23/h8-11H,2-7,12-14H2,1H3. The topological polar surface area (TPSA) is 51.0 Å². The summed E-state index contributed by atoms with van der Waals surface area (Å²) in [6.45, 7) is 4.59. The van der Waals surface area contributed by atoms with Crippen LogP contribution in [0.2, 0.25) is 5.02 Å². The monoisotopic (exact) mass is 392 g/mol. The Balaban J connectivity index is 1.66. The molecule has 0 atom stereocenters. The van der Waals surface area contributed by atoms with Gasteiger partial charge in [0.25, 0.3) is 0 Å². The second-order valence-corrected chi connectivity index (χ2v) is 7.87. The minimum Gasteiger partial charge on any atom is -0.342 e. The SMILES string of the molecule is CCn1c(SCC(=O)N2CCCCCCC2)nnc1-c1ccc(Cl)cc1. The maximum Gasteiger partial charge on any atom is 0.233 e. The zero-order valence-corrected chi connectivity index (χ0v) is 16.7. The number of likely N-dealkylation sites (tertiary alicyclic amines) is 1. The summed E-state index contributed by atoms with van der Waals surface area (Å²) in [7, 11) is 0. The molecular formula is C19H25ClN4OS. The van der Waals surface area contributed by atoms with Crippen molar-refractivity contribution in [1.29, 1.82) is 0 Å². The molecule has 1 fully saturated rings. The molecule has 140 valence electrons. The van der Waals surface area contributed by atoms with Crippen LogP contribution in [-0.4, -0.2) is 44.4 Å². The first kappa shape index (κ1) is 19.2. The van der Waals surface area contributed by atoms with Crippen molar-refractivity contribution in [3.63, 3.8) is 0 Å². The van der Waals surface area contributed by atoms with E-state index in [-0.39, 0.29) is 5.91 Å². The lowest BCUT2D eigenvalue weighted by Crippen LogP contribution is -2.35. The lowest BCUT2D eigenvalue weighted by atomic mass is 10.1. The number of amides is 1. The van der Waals surface area contributed by atoms with Gasteiger partial charge in [-0.15, -0.1) is 10.2 Å². The zero-order chi connectivity index (χ0) is 18.4. The first-order valence-corrected chi connectivity index (χ1v) is 10.6. The Hall–Kier alpha value is -1.53. The van der Waals surface area contributed by atoms with Crippen LogP contribution in [0, 0.1) is 0 Å². The second kappa shape index (κ2) is 9.42. The van der Waals surface area contributed by atoms with Gasteiger partial charge < -0.3 is 9.47 Å². The maximum absolute atomic E-state index is 12.6. The van der Waals surface area contributed by atoms with Gasteiger partial charge in [0.1, 0.15) is 0 Å². The van der Waals surface area contributed by atoms with E-state index in [4.69, 9.17) is 11.6 Å². The fraction of sp³-hybridized carbons (Fsp3) is 0.526. The summed E-state index contributed by atoms with van der Waals surface area (Å²) < 4.78 is 2.05. The maximum atomic E-state index is 12.6. The van der Waals surface area contributed by atoms with Crippen LogP contribution in [0.5, 0.6) is 0 Å². The van der Waals surface area contributed by atoms with Crippen LogP contribution in [0.1, 0.15) is 39.0 Å². The van der Waals surface area contributed by atoms with E-state index >= 15 is 0 Å². The van der Waals surface area contributed by atoms with Gasteiger partial charge in [-0.25, -0.2) is 0 Å². The molecule has 0 bridgehead atoms. The van der Waals surface area contributed by atoms with Gasteiger partial charge >= 0.3 is 0 Å². The Morgan fingerprint density at radius 1 is 1.08 bits per heavy atom. The predicted molar refractivity (Wildman–Crippen MR) is 107 cm³/mol. The predicted octanol–water partition coefficient (Wildman–Crippen LogP) is 4.50. The molecule has 26 heavy (non-hydrogen) atoms. The Morgan fingerprint density at radius 2 is 1.73 bits per heavy atom. The minimum atomic E-state index is 0.204. The molecule has 7 heteroatoms. The number of carbonyl (C=O) groups is 1. The summed E-state index contributed by atoms with van der Waals surface area (Å²) in [5.41, 5.74) is 0.977. The molecule has 1 aromatic carbocycles. The molecule has 1 aliphatic heterocycles. The highest BCUT2D eigenvalue weighted by Gasteiger charge is 2.18. The molecule has 0 N–H and O–H groups in total. The average Bonchev–Trinajstić information content (AvgIpc) is 3.03. The van der Waals surface area contributed by atoms with Crippen LogP contribution in [0.15, 0.2) is 29.4 Å². The number of hydrogen-bond donors (Lipinski definition) is 0. The number of benzene rings is 1. The molecule has 1 saturated heterocycles. The summed E-state index contributed by atoms with van der Waals surface area (Å²) in [5.74, 6) is 1.43. The van der Waals surface area contributed by atoms with Crippen molar-refractivity contribution in [1.82, 2.24) is 19.7 Å². The van der Waals surface area contributed by atoms with Crippen LogP contribution >= 0.6 is 23.4 Å². The normalized spacial score (nSPS) is 15.5. The lowest BCUT2D eigenvalue weighted by molar-refractivity contribution is -0.128. The molecular weight excluding hydrogens is 368 g/mol. The highest BCUT2D eigenvalue weighted by atomic mass is 35.5. The highest BCUT2D eigenvalue weighted by molar-refractivity contribution is 7.99. The Kier molecular flexibility index (Phi) is 6.97. The van der Waals surface area contributed by atoms with Gasteiger partial charge in [-0.05, 0) is 44.0 Å². The Labute approximate surface area is 164 Å². The molecule has 1 amide bonds. The number of hydrogen-bond acceptors (Lipinski definition) is 4. The van der Waals surface area contributed by atoms with E-state index in [9.17, 15) is 4.79 Å². The van der Waals surface area contributed by atoms with Gasteiger partial charge in [0, 0.05) is 30.2 Å². The number of thioether (sulfide) groups is 1. The number of halogens is 1. The number of nitrogens with zero attached hydrogens (tertiary/aromatic N) is 4. The smallest absolute Gasteiger partial charge is 0.233 e. The number of carbonyl (C=O) groups excluding carboxylic acids is 1. The molecule has 0 aliphatic carbocycles. The molecule has 0 unspecified atom stereocenters. The van der Waals surface area contributed by atoms with E-state index in [1.807, 2.05) is 29.2 Å². The first-order chi connectivity index (χ1) is 12.7. The third-order valence-electron chi connectivity index (χ3n) is 4.67. The van der Waals surface area contributed by atoms with E-state index < -0.39 is 0 Å². The zero-order valence-electron chi connectivity index (χ0n) is 15.2. The van der Waals surface area contributed by atoms with Crippen molar-refractivity contribution in [2.75, 3.05) is 18.8 Å². The third kappa shape index (κ3) is 4.80. The molecule has 3 rings (SSSR count). The molecule has 0 radical (unpaired) electrons. The largest absolute Gasteiger partial charge is 0.342 e. The van der Waals surface area contributed by atoms with E-state index in [1.165, 1.54) is 31.0 Å². The summed E-state index contributed by atoms with van der Waals surface area (Å²) in [6, 6.07) is 7.59. The van der Waals surface area contributed by atoms with E-state index in [1.54, 1.807) is 0 Å². The van der Waals surface area contributed by atoms with Gasteiger partial charge in [0.15, 0.2) is 11.0 Å². The molecule has 0 saturated carbocycles. The van der Waals surface area contributed by atoms with Gasteiger partial charge in [-0.3, -0.25) is 4.79 Å². The second-order valence-electron chi connectivity index (χ2n) is 6.49. The average molecular weight is 393 g/mol. The van der Waals surface area contributed by atoms with Crippen molar-refractivity contribution < 1.29 is 4.79 Å². The highest BCUT2D eigenvalue weighted by Crippen LogP contribution is 2.25. The molecule has 5 nitrogen and oxygen atoms in total. The van der Waals surface area contributed by atoms with Gasteiger partial charge in [0.05, 0.1) is 5.75 Å². The van der Waals surface area contributed by atoms with Crippen molar-refractivity contribution in [3.05, 3.63) is 29.3 Å². The minimum absolute atomic E-state index is 0.204. The van der Waals surface area contributed by atoms with Crippen LogP contribution in [-0.2, 0) is 11.3 Å². The van der Waals surface area contributed by atoms with Crippen LogP contribution < -0.4 is 0 Å². The Morgan fingerprint density at radius 3 is 2.38 bits per heavy atom. The molecule has 1 aliphatic rings. The van der Waals surface area contributed by atoms with Crippen molar-refractivity contribution in [2.45, 2.75) is 50.7 Å². The van der Waals surface area contributed by atoms with Crippen molar-refractivity contribution in [3.8, 4) is 11.4 Å². The van der Waals surface area contributed by atoms with E-state index in [0.29, 0.717) is 10.8 Å². The van der Waals surface area contributed by atoms with Gasteiger partial charge in [-0.2, -0.15) is 0 Å². The third-order valence-corrected chi connectivity index (χ3v) is 5.87. The fourth-order valence-electron chi connectivity index (χ4n) is 3.21. The summed E-state index contributed by atoms with van der Waals surface area (Å²) in [4.78, 5) is 14.6. The Bertz CT molecular complexity index is 724. The molecule has 0 spiro atoms.